The van der Waals surface area contributed by atoms with Gasteiger partial charge in [0.05, 0.1) is 9.35 Å². The number of halogens is 1. The molecule has 0 aliphatic carbocycles. The molecule has 16 heavy (non-hydrogen) atoms. The van der Waals surface area contributed by atoms with Gasteiger partial charge in [-0.25, -0.2) is 0 Å². The van der Waals surface area contributed by atoms with Gasteiger partial charge in [0.15, 0.2) is 0 Å². The first-order chi connectivity index (χ1) is 7.54. The maximum atomic E-state index is 11.9. The standard InChI is InChI=1S/C10H12BrNO3S/c1-2-3-12(5-9(13)14)10(15)7-4-8(11)16-6-7/h4,6H,2-3,5H2,1H3,(H,13,14). The Bertz CT molecular complexity index is 391. The van der Waals surface area contributed by atoms with E-state index in [2.05, 4.69) is 15.9 Å². The van der Waals surface area contributed by atoms with Crippen LogP contribution in [0.2, 0.25) is 0 Å². The Morgan fingerprint density at radius 1 is 1.56 bits per heavy atom. The van der Waals surface area contributed by atoms with Gasteiger partial charge in [-0.2, -0.15) is 0 Å². The predicted molar refractivity (Wildman–Crippen MR) is 65.8 cm³/mol. The molecule has 0 spiro atoms. The third-order valence-corrected chi connectivity index (χ3v) is 3.43. The van der Waals surface area contributed by atoms with Crippen molar-refractivity contribution < 1.29 is 14.7 Å². The molecule has 1 amide bonds. The number of aliphatic carboxylic acids is 1. The molecule has 0 aliphatic rings. The minimum Gasteiger partial charge on any atom is -0.480 e. The van der Waals surface area contributed by atoms with Crippen molar-refractivity contribution in [3.8, 4) is 0 Å². The molecule has 0 fully saturated rings. The second-order valence-electron chi connectivity index (χ2n) is 3.26. The van der Waals surface area contributed by atoms with Gasteiger partial charge in [0.1, 0.15) is 6.54 Å². The highest BCUT2D eigenvalue weighted by atomic mass is 79.9. The number of thiophene rings is 1. The van der Waals surface area contributed by atoms with Crippen molar-refractivity contribution in [2.75, 3.05) is 13.1 Å². The average molecular weight is 306 g/mol. The molecular formula is C10H12BrNO3S. The van der Waals surface area contributed by atoms with Crippen molar-refractivity contribution >= 4 is 39.1 Å². The van der Waals surface area contributed by atoms with Gasteiger partial charge >= 0.3 is 5.97 Å². The molecule has 0 saturated heterocycles. The average Bonchev–Trinajstić information content (AvgIpc) is 2.62. The molecule has 0 bridgehead atoms. The topological polar surface area (TPSA) is 57.6 Å². The third-order valence-electron chi connectivity index (χ3n) is 1.92. The fourth-order valence-corrected chi connectivity index (χ4v) is 2.42. The summed E-state index contributed by atoms with van der Waals surface area (Å²) in [6.45, 7) is 2.12. The number of carboxylic acid groups (broad SMARTS) is 1. The van der Waals surface area contributed by atoms with Crippen molar-refractivity contribution in [2.45, 2.75) is 13.3 Å². The number of hydrogen-bond donors (Lipinski definition) is 1. The van der Waals surface area contributed by atoms with E-state index in [1.54, 1.807) is 11.4 Å². The second-order valence-corrected chi connectivity index (χ2v) is 5.55. The van der Waals surface area contributed by atoms with Crippen LogP contribution in [0.5, 0.6) is 0 Å². The zero-order valence-electron chi connectivity index (χ0n) is 8.77. The van der Waals surface area contributed by atoms with Crippen molar-refractivity contribution in [1.82, 2.24) is 4.90 Å². The molecule has 0 saturated carbocycles. The van der Waals surface area contributed by atoms with E-state index in [4.69, 9.17) is 5.11 Å². The van der Waals surface area contributed by atoms with Gasteiger partial charge in [-0.05, 0) is 28.4 Å². The Kier molecular flexibility index (Phi) is 4.95. The Labute approximate surface area is 106 Å². The Balaban J connectivity index is 2.78. The van der Waals surface area contributed by atoms with Crippen LogP contribution in [0.25, 0.3) is 0 Å². The molecule has 88 valence electrons. The summed E-state index contributed by atoms with van der Waals surface area (Å²) in [6, 6.07) is 1.71. The van der Waals surface area contributed by atoms with Crippen LogP contribution in [0, 0.1) is 0 Å². The van der Waals surface area contributed by atoms with Crippen molar-refractivity contribution in [3.05, 3.63) is 20.8 Å². The van der Waals surface area contributed by atoms with Crippen LogP contribution >= 0.6 is 27.3 Å². The summed E-state index contributed by atoms with van der Waals surface area (Å²) in [5, 5.41) is 10.4. The van der Waals surface area contributed by atoms with Crippen LogP contribution in [0.3, 0.4) is 0 Å². The summed E-state index contributed by atoms with van der Waals surface area (Å²) in [5.74, 6) is -1.22. The summed E-state index contributed by atoms with van der Waals surface area (Å²) in [5.41, 5.74) is 0.534. The number of carbonyl (C=O) groups is 2. The van der Waals surface area contributed by atoms with Gasteiger partial charge in [0.25, 0.3) is 5.91 Å². The molecule has 0 aliphatic heterocycles. The fourth-order valence-electron chi connectivity index (χ4n) is 1.29. The summed E-state index contributed by atoms with van der Waals surface area (Å²) in [4.78, 5) is 23.9. The smallest absolute Gasteiger partial charge is 0.323 e. The van der Waals surface area contributed by atoms with Crippen molar-refractivity contribution in [3.63, 3.8) is 0 Å². The summed E-state index contributed by atoms with van der Waals surface area (Å²) < 4.78 is 0.864. The molecule has 1 rings (SSSR count). The van der Waals surface area contributed by atoms with Crippen LogP contribution in [-0.2, 0) is 4.79 Å². The van der Waals surface area contributed by atoms with Crippen LogP contribution in [0.4, 0.5) is 0 Å². The first-order valence-corrected chi connectivity index (χ1v) is 6.47. The number of nitrogens with zero attached hydrogens (tertiary/aromatic N) is 1. The molecular weight excluding hydrogens is 294 g/mol. The van der Waals surface area contributed by atoms with E-state index in [-0.39, 0.29) is 12.5 Å². The maximum Gasteiger partial charge on any atom is 0.323 e. The normalized spacial score (nSPS) is 10.1. The highest BCUT2D eigenvalue weighted by molar-refractivity contribution is 9.11. The Morgan fingerprint density at radius 3 is 2.69 bits per heavy atom. The second kappa shape index (κ2) is 6.00. The molecule has 1 aromatic heterocycles. The molecule has 0 radical (unpaired) electrons. The van der Waals surface area contributed by atoms with Gasteiger partial charge < -0.3 is 10.0 Å². The molecule has 0 atom stereocenters. The van der Waals surface area contributed by atoms with Crippen LogP contribution in [-0.4, -0.2) is 35.0 Å². The minimum atomic E-state index is -0.990. The fraction of sp³-hybridized carbons (Fsp3) is 0.400. The molecule has 1 heterocycles. The molecule has 4 nitrogen and oxygen atoms in total. The highest BCUT2D eigenvalue weighted by Crippen LogP contribution is 2.21. The first kappa shape index (κ1) is 13.2. The SMILES string of the molecule is CCCN(CC(=O)O)C(=O)c1csc(Br)c1. The van der Waals surface area contributed by atoms with Crippen LogP contribution in [0.15, 0.2) is 15.2 Å². The lowest BCUT2D eigenvalue weighted by Crippen LogP contribution is -2.36. The third kappa shape index (κ3) is 3.61. The lowest BCUT2D eigenvalue weighted by atomic mass is 10.2. The molecule has 1 aromatic rings. The van der Waals surface area contributed by atoms with Gasteiger partial charge in [-0.3, -0.25) is 9.59 Å². The maximum absolute atomic E-state index is 11.9. The quantitative estimate of drug-likeness (QED) is 0.909. The number of carboxylic acids is 1. The molecule has 1 N–H and O–H groups in total. The van der Waals surface area contributed by atoms with E-state index in [9.17, 15) is 9.59 Å². The van der Waals surface area contributed by atoms with E-state index >= 15 is 0 Å². The van der Waals surface area contributed by atoms with E-state index in [1.165, 1.54) is 16.2 Å². The predicted octanol–water partition coefficient (Wildman–Crippen LogP) is 2.45. The monoisotopic (exact) mass is 305 g/mol. The van der Waals surface area contributed by atoms with E-state index < -0.39 is 5.97 Å². The molecule has 6 heteroatoms. The van der Waals surface area contributed by atoms with Crippen molar-refractivity contribution in [1.29, 1.82) is 0 Å². The number of hydrogen-bond acceptors (Lipinski definition) is 3. The van der Waals surface area contributed by atoms with Gasteiger partial charge in [-0.15, -0.1) is 11.3 Å². The van der Waals surface area contributed by atoms with E-state index in [1.807, 2.05) is 6.92 Å². The van der Waals surface area contributed by atoms with E-state index in [0.717, 1.165) is 10.2 Å². The molecule has 0 aromatic carbocycles. The summed E-state index contributed by atoms with van der Waals surface area (Å²) >= 11 is 4.68. The first-order valence-electron chi connectivity index (χ1n) is 4.79. The highest BCUT2D eigenvalue weighted by Gasteiger charge is 2.18. The minimum absolute atomic E-state index is 0.230. The number of amides is 1. The lowest BCUT2D eigenvalue weighted by molar-refractivity contribution is -0.137. The largest absolute Gasteiger partial charge is 0.480 e. The van der Waals surface area contributed by atoms with Crippen LogP contribution < -0.4 is 0 Å². The zero-order chi connectivity index (χ0) is 12.1. The van der Waals surface area contributed by atoms with Gasteiger partial charge in [0, 0.05) is 11.9 Å². The van der Waals surface area contributed by atoms with Crippen LogP contribution in [0.1, 0.15) is 23.7 Å². The summed E-state index contributed by atoms with van der Waals surface area (Å²) in [7, 11) is 0. The lowest BCUT2D eigenvalue weighted by Gasteiger charge is -2.19. The number of rotatable bonds is 5. The van der Waals surface area contributed by atoms with Gasteiger partial charge in [-0.1, -0.05) is 6.92 Å². The van der Waals surface area contributed by atoms with Crippen molar-refractivity contribution in [2.24, 2.45) is 0 Å². The van der Waals surface area contributed by atoms with Gasteiger partial charge in [0.2, 0.25) is 0 Å². The number of carbonyl (C=O) groups excluding carboxylic acids is 1. The molecule has 0 unspecified atom stereocenters. The summed E-state index contributed by atoms with van der Waals surface area (Å²) in [6.07, 6.45) is 0.740. The Hall–Kier alpha value is -0.880. The zero-order valence-corrected chi connectivity index (χ0v) is 11.2. The van der Waals surface area contributed by atoms with E-state index in [0.29, 0.717) is 12.1 Å². The Morgan fingerprint density at radius 2 is 2.25 bits per heavy atom.